The third-order valence-corrected chi connectivity index (χ3v) is 5.75. The number of aliphatic hydroxyl groups is 1. The Kier molecular flexibility index (Phi) is 7.46. The minimum atomic E-state index is -0.803. The molecule has 1 saturated heterocycles. The lowest BCUT2D eigenvalue weighted by molar-refractivity contribution is -0.144. The molecule has 2 aromatic rings. The van der Waals surface area contributed by atoms with Gasteiger partial charge in [0.1, 0.15) is 12.7 Å². The molecule has 1 heterocycles. The second-order valence-electron chi connectivity index (χ2n) is 7.90. The van der Waals surface area contributed by atoms with Crippen LogP contribution in [0.4, 0.5) is 4.79 Å². The molecule has 30 heavy (non-hydrogen) atoms. The molecule has 0 aliphatic carbocycles. The van der Waals surface area contributed by atoms with Gasteiger partial charge in [0.25, 0.3) is 0 Å². The number of carbonyl (C=O) groups is 2. The van der Waals surface area contributed by atoms with E-state index in [0.29, 0.717) is 6.42 Å². The van der Waals surface area contributed by atoms with Crippen LogP contribution in [0.15, 0.2) is 60.7 Å². The van der Waals surface area contributed by atoms with Crippen molar-refractivity contribution >= 4 is 12.1 Å². The van der Waals surface area contributed by atoms with Gasteiger partial charge in [0, 0.05) is 18.6 Å². The summed E-state index contributed by atoms with van der Waals surface area (Å²) in [5, 5.41) is 12.8. The number of rotatable bonds is 9. The lowest BCUT2D eigenvalue weighted by Gasteiger charge is -2.44. The van der Waals surface area contributed by atoms with E-state index in [9.17, 15) is 14.7 Å². The zero-order chi connectivity index (χ0) is 21.5. The fourth-order valence-electron chi connectivity index (χ4n) is 4.02. The SMILES string of the molecule is CC(CC(CO)[C@@H]1NC(=O)[C@@H]1[C@@H](C)OC(=O)OCc1ccccc1)c1ccccc1. The van der Waals surface area contributed by atoms with Crippen molar-refractivity contribution < 1.29 is 24.2 Å². The molecule has 0 aromatic heterocycles. The molecule has 0 spiro atoms. The molecule has 0 bridgehead atoms. The van der Waals surface area contributed by atoms with Gasteiger partial charge in [-0.25, -0.2) is 4.79 Å². The third kappa shape index (κ3) is 5.39. The number of nitrogens with one attached hydrogen (secondary N) is 1. The third-order valence-electron chi connectivity index (χ3n) is 5.75. The van der Waals surface area contributed by atoms with Crippen LogP contribution < -0.4 is 5.32 Å². The van der Waals surface area contributed by atoms with Gasteiger partial charge in [-0.1, -0.05) is 67.6 Å². The highest BCUT2D eigenvalue weighted by Gasteiger charge is 2.48. The smallest absolute Gasteiger partial charge is 0.430 e. The molecular weight excluding hydrogens is 382 g/mol. The number of carbonyl (C=O) groups excluding carboxylic acids is 2. The topological polar surface area (TPSA) is 84.9 Å². The summed E-state index contributed by atoms with van der Waals surface area (Å²) in [4.78, 5) is 24.3. The molecule has 1 fully saturated rings. The first-order valence-corrected chi connectivity index (χ1v) is 10.3. The number of amides is 1. The molecule has 6 heteroatoms. The Morgan fingerprint density at radius 3 is 2.30 bits per heavy atom. The fourth-order valence-corrected chi connectivity index (χ4v) is 4.02. The standard InChI is InChI=1S/C24H29NO5/c1-16(19-11-7-4-8-12-19)13-20(14-26)22-21(23(27)25-22)17(2)30-24(28)29-15-18-9-5-3-6-10-18/h3-12,16-17,20-22,26H,13-15H2,1-2H3,(H,25,27)/t16?,17-,20?,21-,22+/m1/s1. The van der Waals surface area contributed by atoms with Gasteiger partial charge in [-0.15, -0.1) is 0 Å². The lowest BCUT2D eigenvalue weighted by Crippen LogP contribution is -2.65. The number of aliphatic hydroxyl groups excluding tert-OH is 1. The highest BCUT2D eigenvalue weighted by Crippen LogP contribution is 2.33. The summed E-state index contributed by atoms with van der Waals surface area (Å²) in [6.45, 7) is 3.86. The maximum atomic E-state index is 12.2. The van der Waals surface area contributed by atoms with Gasteiger partial charge in [0.05, 0.1) is 5.92 Å². The molecule has 5 atom stereocenters. The highest BCUT2D eigenvalue weighted by molar-refractivity contribution is 5.86. The second-order valence-corrected chi connectivity index (χ2v) is 7.90. The molecule has 160 valence electrons. The summed E-state index contributed by atoms with van der Waals surface area (Å²) < 4.78 is 10.5. The van der Waals surface area contributed by atoms with Crippen LogP contribution in [-0.4, -0.2) is 35.9 Å². The first kappa shape index (κ1) is 21.8. The zero-order valence-corrected chi connectivity index (χ0v) is 17.4. The van der Waals surface area contributed by atoms with Crippen molar-refractivity contribution in [1.82, 2.24) is 5.32 Å². The average Bonchev–Trinajstić information content (AvgIpc) is 2.75. The Labute approximate surface area is 177 Å². The van der Waals surface area contributed by atoms with Crippen molar-refractivity contribution in [2.75, 3.05) is 6.61 Å². The fraction of sp³-hybridized carbons (Fsp3) is 0.417. The van der Waals surface area contributed by atoms with E-state index in [2.05, 4.69) is 24.4 Å². The number of β-lactam (4-membered cyclic amide) rings is 1. The van der Waals surface area contributed by atoms with E-state index in [1.54, 1.807) is 6.92 Å². The summed E-state index contributed by atoms with van der Waals surface area (Å²) in [5.41, 5.74) is 2.04. The maximum Gasteiger partial charge on any atom is 0.508 e. The first-order valence-electron chi connectivity index (χ1n) is 10.3. The van der Waals surface area contributed by atoms with Gasteiger partial charge in [-0.2, -0.15) is 0 Å². The van der Waals surface area contributed by atoms with E-state index in [-0.39, 0.29) is 37.0 Å². The van der Waals surface area contributed by atoms with E-state index in [1.165, 1.54) is 5.56 Å². The minimum Gasteiger partial charge on any atom is -0.430 e. The summed E-state index contributed by atoms with van der Waals surface area (Å²) >= 11 is 0. The monoisotopic (exact) mass is 411 g/mol. The van der Waals surface area contributed by atoms with Crippen molar-refractivity contribution in [3.05, 3.63) is 71.8 Å². The molecule has 2 N–H and O–H groups in total. The largest absolute Gasteiger partial charge is 0.508 e. The normalized spacial score (nSPS) is 21.0. The van der Waals surface area contributed by atoms with E-state index in [4.69, 9.17) is 9.47 Å². The van der Waals surface area contributed by atoms with Gasteiger partial charge < -0.3 is 19.9 Å². The van der Waals surface area contributed by atoms with Crippen LogP contribution in [0.3, 0.4) is 0 Å². The minimum absolute atomic E-state index is 0.0518. The van der Waals surface area contributed by atoms with Crippen LogP contribution >= 0.6 is 0 Å². The van der Waals surface area contributed by atoms with Crippen molar-refractivity contribution in [2.24, 2.45) is 11.8 Å². The van der Waals surface area contributed by atoms with Crippen LogP contribution in [0.1, 0.15) is 37.3 Å². The van der Waals surface area contributed by atoms with Crippen molar-refractivity contribution in [3.8, 4) is 0 Å². The predicted molar refractivity (Wildman–Crippen MR) is 113 cm³/mol. The van der Waals surface area contributed by atoms with Crippen molar-refractivity contribution in [1.29, 1.82) is 0 Å². The van der Waals surface area contributed by atoms with Crippen LogP contribution in [-0.2, 0) is 20.9 Å². The molecule has 2 aromatic carbocycles. The van der Waals surface area contributed by atoms with Crippen molar-refractivity contribution in [3.63, 3.8) is 0 Å². The van der Waals surface area contributed by atoms with E-state index in [1.807, 2.05) is 48.5 Å². The molecule has 2 unspecified atom stereocenters. The summed E-state index contributed by atoms with van der Waals surface area (Å²) in [7, 11) is 0. The van der Waals surface area contributed by atoms with E-state index >= 15 is 0 Å². The van der Waals surface area contributed by atoms with Gasteiger partial charge >= 0.3 is 6.16 Å². The van der Waals surface area contributed by atoms with E-state index < -0.39 is 18.2 Å². The Hall–Kier alpha value is -2.86. The van der Waals surface area contributed by atoms with Crippen LogP contribution in [0.5, 0.6) is 0 Å². The Morgan fingerprint density at radius 2 is 1.70 bits per heavy atom. The molecule has 1 aliphatic heterocycles. The van der Waals surface area contributed by atoms with Gasteiger partial charge in [0.2, 0.25) is 5.91 Å². The molecule has 0 saturated carbocycles. The Morgan fingerprint density at radius 1 is 1.07 bits per heavy atom. The molecular formula is C24H29NO5. The number of ether oxygens (including phenoxy) is 2. The molecule has 1 aliphatic rings. The second kappa shape index (κ2) is 10.3. The zero-order valence-electron chi connectivity index (χ0n) is 17.4. The predicted octanol–water partition coefficient (Wildman–Crippen LogP) is 3.65. The van der Waals surface area contributed by atoms with Crippen LogP contribution in [0.2, 0.25) is 0 Å². The number of hydrogen-bond donors (Lipinski definition) is 2. The molecule has 0 radical (unpaired) electrons. The van der Waals surface area contributed by atoms with Crippen LogP contribution in [0.25, 0.3) is 0 Å². The van der Waals surface area contributed by atoms with Crippen molar-refractivity contribution in [2.45, 2.75) is 44.9 Å². The summed E-state index contributed by atoms with van der Waals surface area (Å²) in [6, 6.07) is 19.1. The van der Waals surface area contributed by atoms with Gasteiger partial charge in [0.15, 0.2) is 0 Å². The van der Waals surface area contributed by atoms with E-state index in [0.717, 1.165) is 5.56 Å². The number of benzene rings is 2. The Balaban J connectivity index is 1.54. The summed E-state index contributed by atoms with van der Waals surface area (Å²) in [6.07, 6.45) is -0.733. The molecule has 6 nitrogen and oxygen atoms in total. The van der Waals surface area contributed by atoms with Gasteiger partial charge in [-0.05, 0) is 30.4 Å². The maximum absolute atomic E-state index is 12.2. The lowest BCUT2D eigenvalue weighted by atomic mass is 9.74. The number of hydrogen-bond acceptors (Lipinski definition) is 5. The Bertz CT molecular complexity index is 826. The average molecular weight is 411 g/mol. The van der Waals surface area contributed by atoms with Crippen LogP contribution in [0, 0.1) is 11.8 Å². The quantitative estimate of drug-likeness (QED) is 0.486. The summed E-state index contributed by atoms with van der Waals surface area (Å²) in [5.74, 6) is -0.577. The first-order chi connectivity index (χ1) is 14.5. The highest BCUT2D eigenvalue weighted by atomic mass is 16.7. The molecule has 3 rings (SSSR count). The molecule has 1 amide bonds. The van der Waals surface area contributed by atoms with Gasteiger partial charge in [-0.3, -0.25) is 4.79 Å².